The van der Waals surface area contributed by atoms with E-state index in [1.807, 2.05) is 0 Å². The van der Waals surface area contributed by atoms with Crippen molar-refractivity contribution in [3.8, 4) is 5.75 Å². The molecule has 2 amide bonds. The molecule has 160 valence electrons. The molecule has 0 bridgehead atoms. The van der Waals surface area contributed by atoms with Crippen molar-refractivity contribution in [2.24, 2.45) is 0 Å². The number of rotatable bonds is 9. The first kappa shape index (κ1) is 22.4. The van der Waals surface area contributed by atoms with Crippen LogP contribution in [0.1, 0.15) is 36.0 Å². The summed E-state index contributed by atoms with van der Waals surface area (Å²) in [6, 6.07) is 11.9. The van der Waals surface area contributed by atoms with Crippen molar-refractivity contribution in [3.05, 3.63) is 58.1 Å². The van der Waals surface area contributed by atoms with Crippen molar-refractivity contribution in [3.63, 3.8) is 0 Å². The molecular formula is C22H24Cl2N2O4. The molecule has 1 atom stereocenters. The largest absolute Gasteiger partial charge is 0.492 e. The Bertz CT molecular complexity index is 885. The van der Waals surface area contributed by atoms with Gasteiger partial charge in [0.1, 0.15) is 5.75 Å². The maximum Gasteiger partial charge on any atom is 0.253 e. The number of nitrogens with one attached hydrogen (secondary N) is 2. The molecule has 2 aromatic rings. The SMILES string of the molecule is O=C(CCCOc1ccc(Cl)cc1Cl)Nc1ccccc1C(=O)NC[C@@H]1CCCO1. The van der Waals surface area contributed by atoms with Crippen molar-refractivity contribution in [1.29, 1.82) is 0 Å². The third-order valence-corrected chi connectivity index (χ3v) is 5.19. The van der Waals surface area contributed by atoms with Gasteiger partial charge in [-0.3, -0.25) is 9.59 Å². The molecule has 0 spiro atoms. The van der Waals surface area contributed by atoms with Crippen molar-refractivity contribution < 1.29 is 19.1 Å². The zero-order valence-electron chi connectivity index (χ0n) is 16.5. The van der Waals surface area contributed by atoms with Gasteiger partial charge in [-0.05, 0) is 49.6 Å². The molecule has 0 unspecified atom stereocenters. The van der Waals surface area contributed by atoms with Crippen molar-refractivity contribution in [2.45, 2.75) is 31.8 Å². The molecule has 1 heterocycles. The third kappa shape index (κ3) is 6.62. The molecule has 2 aromatic carbocycles. The molecule has 8 heteroatoms. The lowest BCUT2D eigenvalue weighted by Gasteiger charge is -2.14. The second-order valence-corrected chi connectivity index (χ2v) is 7.81. The number of ether oxygens (including phenoxy) is 2. The average molecular weight is 451 g/mol. The van der Waals surface area contributed by atoms with Gasteiger partial charge >= 0.3 is 0 Å². The Hall–Kier alpha value is -2.28. The van der Waals surface area contributed by atoms with Crippen LogP contribution in [0.4, 0.5) is 5.69 Å². The smallest absolute Gasteiger partial charge is 0.253 e. The molecule has 1 saturated heterocycles. The molecule has 0 aliphatic carbocycles. The van der Waals surface area contributed by atoms with Crippen molar-refractivity contribution in [2.75, 3.05) is 25.1 Å². The maximum absolute atomic E-state index is 12.5. The van der Waals surface area contributed by atoms with E-state index in [0.717, 1.165) is 19.4 Å². The van der Waals surface area contributed by atoms with Gasteiger partial charge in [-0.15, -0.1) is 0 Å². The van der Waals surface area contributed by atoms with Gasteiger partial charge in [0.15, 0.2) is 0 Å². The number of para-hydroxylation sites is 1. The Labute approximate surface area is 185 Å². The Morgan fingerprint density at radius 2 is 2.00 bits per heavy atom. The van der Waals surface area contributed by atoms with Gasteiger partial charge in [0, 0.05) is 24.6 Å². The summed E-state index contributed by atoms with van der Waals surface area (Å²) in [5, 5.41) is 6.64. The van der Waals surface area contributed by atoms with Gasteiger partial charge in [-0.1, -0.05) is 35.3 Å². The zero-order chi connectivity index (χ0) is 21.3. The molecule has 0 saturated carbocycles. The van der Waals surface area contributed by atoms with E-state index in [1.54, 1.807) is 42.5 Å². The number of carbonyl (C=O) groups excluding carboxylic acids is 2. The van der Waals surface area contributed by atoms with Gasteiger partial charge in [-0.2, -0.15) is 0 Å². The minimum Gasteiger partial charge on any atom is -0.492 e. The summed E-state index contributed by atoms with van der Waals surface area (Å²) in [6.07, 6.45) is 2.77. The van der Waals surface area contributed by atoms with Gasteiger partial charge in [0.05, 0.1) is 29.0 Å². The lowest BCUT2D eigenvalue weighted by atomic mass is 10.1. The number of anilines is 1. The minimum absolute atomic E-state index is 0.0600. The molecule has 6 nitrogen and oxygen atoms in total. The van der Waals surface area contributed by atoms with E-state index in [1.165, 1.54) is 0 Å². The molecular weight excluding hydrogens is 427 g/mol. The average Bonchev–Trinajstić information content (AvgIpc) is 3.25. The van der Waals surface area contributed by atoms with Gasteiger partial charge in [-0.25, -0.2) is 0 Å². The highest BCUT2D eigenvalue weighted by molar-refractivity contribution is 6.35. The number of halogens is 2. The third-order valence-electron chi connectivity index (χ3n) is 4.66. The van der Waals surface area contributed by atoms with Gasteiger partial charge in [0.2, 0.25) is 5.91 Å². The van der Waals surface area contributed by atoms with E-state index in [9.17, 15) is 9.59 Å². The van der Waals surface area contributed by atoms with E-state index in [2.05, 4.69) is 10.6 Å². The lowest BCUT2D eigenvalue weighted by molar-refractivity contribution is -0.116. The number of hydrogen-bond donors (Lipinski definition) is 2. The Morgan fingerprint density at radius 1 is 1.17 bits per heavy atom. The predicted molar refractivity (Wildman–Crippen MR) is 118 cm³/mol. The molecule has 0 aromatic heterocycles. The van der Waals surface area contributed by atoms with Crippen LogP contribution in [0.25, 0.3) is 0 Å². The van der Waals surface area contributed by atoms with Crippen molar-refractivity contribution >= 4 is 40.7 Å². The van der Waals surface area contributed by atoms with E-state index >= 15 is 0 Å². The standard InChI is InChI=1S/C22H24Cl2N2O4/c23-15-9-10-20(18(24)13-15)30-12-4-8-21(27)26-19-7-2-1-6-17(19)22(28)25-14-16-5-3-11-29-16/h1-2,6-7,9-10,13,16H,3-5,8,11-12,14H2,(H,25,28)(H,26,27)/t16-/m0/s1. The molecule has 1 aliphatic rings. The van der Waals surface area contributed by atoms with Crippen LogP contribution in [0, 0.1) is 0 Å². The molecule has 1 fully saturated rings. The second-order valence-electron chi connectivity index (χ2n) is 6.97. The first-order valence-corrected chi connectivity index (χ1v) is 10.6. The summed E-state index contributed by atoms with van der Waals surface area (Å²) < 4.78 is 11.1. The highest BCUT2D eigenvalue weighted by atomic mass is 35.5. The van der Waals surface area contributed by atoms with E-state index in [-0.39, 0.29) is 24.3 Å². The van der Waals surface area contributed by atoms with Gasteiger partial charge < -0.3 is 20.1 Å². The summed E-state index contributed by atoms with van der Waals surface area (Å²) in [6.45, 7) is 1.53. The summed E-state index contributed by atoms with van der Waals surface area (Å²) in [7, 11) is 0. The summed E-state index contributed by atoms with van der Waals surface area (Å²) >= 11 is 11.9. The number of hydrogen-bond acceptors (Lipinski definition) is 4. The molecule has 3 rings (SSSR count). The first-order chi connectivity index (χ1) is 14.5. The van der Waals surface area contributed by atoms with Gasteiger partial charge in [0.25, 0.3) is 5.91 Å². The monoisotopic (exact) mass is 450 g/mol. The zero-order valence-corrected chi connectivity index (χ0v) is 18.0. The van der Waals surface area contributed by atoms with E-state index in [4.69, 9.17) is 32.7 Å². The predicted octanol–water partition coefficient (Wildman–Crippen LogP) is 4.70. The molecule has 2 N–H and O–H groups in total. The minimum atomic E-state index is -0.234. The molecule has 0 radical (unpaired) electrons. The van der Waals surface area contributed by atoms with Crippen LogP contribution in [0.15, 0.2) is 42.5 Å². The fourth-order valence-corrected chi connectivity index (χ4v) is 3.58. The Morgan fingerprint density at radius 3 is 2.77 bits per heavy atom. The Kier molecular flexibility index (Phi) is 8.37. The van der Waals surface area contributed by atoms with Crippen molar-refractivity contribution in [1.82, 2.24) is 5.32 Å². The Balaban J connectivity index is 1.45. The topological polar surface area (TPSA) is 76.7 Å². The van der Waals surface area contributed by atoms with Crippen LogP contribution >= 0.6 is 23.2 Å². The van der Waals surface area contributed by atoms with E-state index < -0.39 is 0 Å². The lowest BCUT2D eigenvalue weighted by Crippen LogP contribution is -2.32. The van der Waals surface area contributed by atoms with Crippen LogP contribution in [-0.2, 0) is 9.53 Å². The number of carbonyl (C=O) groups is 2. The highest BCUT2D eigenvalue weighted by Crippen LogP contribution is 2.27. The molecule has 30 heavy (non-hydrogen) atoms. The van der Waals surface area contributed by atoms with Crippen LogP contribution in [-0.4, -0.2) is 37.7 Å². The number of benzene rings is 2. The maximum atomic E-state index is 12.5. The number of amides is 2. The summed E-state index contributed by atoms with van der Waals surface area (Å²) in [5.74, 6) is 0.0945. The van der Waals surface area contributed by atoms with Crippen LogP contribution in [0.2, 0.25) is 10.0 Å². The van der Waals surface area contributed by atoms with E-state index in [0.29, 0.717) is 46.6 Å². The summed E-state index contributed by atoms with van der Waals surface area (Å²) in [5.41, 5.74) is 0.905. The molecule has 1 aliphatic heterocycles. The quantitative estimate of drug-likeness (QED) is 0.542. The second kappa shape index (κ2) is 11.2. The normalized spacial score (nSPS) is 15.6. The van der Waals surface area contributed by atoms with Crippen LogP contribution in [0.3, 0.4) is 0 Å². The van der Waals surface area contributed by atoms with Crippen LogP contribution < -0.4 is 15.4 Å². The fraction of sp³-hybridized carbons (Fsp3) is 0.364. The van der Waals surface area contributed by atoms with Crippen LogP contribution in [0.5, 0.6) is 5.75 Å². The summed E-state index contributed by atoms with van der Waals surface area (Å²) in [4.78, 5) is 24.8. The fourth-order valence-electron chi connectivity index (χ4n) is 3.12. The highest BCUT2D eigenvalue weighted by Gasteiger charge is 2.18. The first-order valence-electron chi connectivity index (χ1n) is 9.89.